The molecule has 4 nitrogen and oxygen atoms in total. The summed E-state index contributed by atoms with van der Waals surface area (Å²) in [4.78, 5) is 32.3. The molecule has 2 fully saturated rings. The van der Waals surface area contributed by atoms with Gasteiger partial charge in [0.25, 0.3) is 0 Å². The Labute approximate surface area is 179 Å². The highest BCUT2D eigenvalue weighted by Crippen LogP contribution is 2.26. The fourth-order valence-electron chi connectivity index (χ4n) is 4.96. The summed E-state index contributed by atoms with van der Waals surface area (Å²) in [6, 6.07) is 18.2. The minimum atomic E-state index is -0.432. The van der Waals surface area contributed by atoms with E-state index in [-0.39, 0.29) is 11.6 Å². The monoisotopic (exact) mass is 404 g/mol. The van der Waals surface area contributed by atoms with Crippen LogP contribution in [0.2, 0.25) is 0 Å². The maximum atomic E-state index is 13.8. The Balaban J connectivity index is 1.75. The van der Waals surface area contributed by atoms with Gasteiger partial charge in [0.05, 0.1) is 12.1 Å². The van der Waals surface area contributed by atoms with Crippen LogP contribution in [0.3, 0.4) is 0 Å². The van der Waals surface area contributed by atoms with Crippen molar-refractivity contribution in [2.75, 3.05) is 26.2 Å². The second kappa shape index (κ2) is 10.1. The van der Waals surface area contributed by atoms with E-state index in [0.29, 0.717) is 11.1 Å². The van der Waals surface area contributed by atoms with E-state index < -0.39 is 12.1 Å². The lowest BCUT2D eigenvalue weighted by molar-refractivity contribution is 0.0382. The number of ketones is 2. The van der Waals surface area contributed by atoms with Crippen molar-refractivity contribution in [3.63, 3.8) is 0 Å². The van der Waals surface area contributed by atoms with E-state index in [1.807, 2.05) is 60.7 Å². The first-order valence-corrected chi connectivity index (χ1v) is 11.4. The molecule has 0 aromatic heterocycles. The Morgan fingerprint density at radius 3 is 1.20 bits per heavy atom. The van der Waals surface area contributed by atoms with Gasteiger partial charge in [-0.1, -0.05) is 73.5 Å². The van der Waals surface area contributed by atoms with Gasteiger partial charge in [0.1, 0.15) is 0 Å². The van der Waals surface area contributed by atoms with Crippen LogP contribution in [0.25, 0.3) is 0 Å². The van der Waals surface area contributed by atoms with E-state index in [9.17, 15) is 9.59 Å². The van der Waals surface area contributed by atoms with E-state index in [2.05, 4.69) is 9.80 Å². The topological polar surface area (TPSA) is 40.6 Å². The molecule has 2 atom stereocenters. The Morgan fingerprint density at radius 2 is 0.867 bits per heavy atom. The molecule has 4 heteroatoms. The van der Waals surface area contributed by atoms with Gasteiger partial charge in [-0.3, -0.25) is 19.4 Å². The number of carbonyl (C=O) groups excluding carboxylic acids is 2. The molecule has 0 radical (unpaired) electrons. The highest BCUT2D eigenvalue weighted by Gasteiger charge is 2.42. The van der Waals surface area contributed by atoms with Crippen LogP contribution in [-0.2, 0) is 0 Å². The zero-order chi connectivity index (χ0) is 20.8. The molecule has 158 valence electrons. The van der Waals surface area contributed by atoms with E-state index in [4.69, 9.17) is 0 Å². The lowest BCUT2D eigenvalue weighted by atomic mass is 9.87. The predicted octanol–water partition coefficient (Wildman–Crippen LogP) is 4.46. The van der Waals surface area contributed by atoms with E-state index in [1.165, 1.54) is 12.8 Å². The molecule has 2 aromatic rings. The summed E-state index contributed by atoms with van der Waals surface area (Å²) < 4.78 is 0. The summed E-state index contributed by atoms with van der Waals surface area (Å²) in [5, 5.41) is 0. The third-order valence-corrected chi connectivity index (χ3v) is 6.52. The average Bonchev–Trinajstić information content (AvgIpc) is 2.84. The SMILES string of the molecule is O=C(c1ccccc1)[C@H]([C@H](C(=O)c1ccccc1)N1CCCCC1)N1CCCCC1. The fourth-order valence-corrected chi connectivity index (χ4v) is 4.96. The number of benzene rings is 2. The first kappa shape index (κ1) is 21.0. The number of likely N-dealkylation sites (tertiary alicyclic amines) is 2. The minimum Gasteiger partial charge on any atom is -0.292 e. The van der Waals surface area contributed by atoms with Gasteiger partial charge in [-0.05, 0) is 51.9 Å². The van der Waals surface area contributed by atoms with Crippen LogP contribution in [0, 0.1) is 0 Å². The number of Topliss-reactive ketones (excluding diaryl/α,β-unsaturated/α-hetero) is 2. The van der Waals surface area contributed by atoms with Gasteiger partial charge in [0, 0.05) is 11.1 Å². The molecule has 0 saturated carbocycles. The largest absolute Gasteiger partial charge is 0.292 e. The lowest BCUT2D eigenvalue weighted by Crippen LogP contribution is -2.60. The van der Waals surface area contributed by atoms with Crippen LogP contribution in [0.4, 0.5) is 0 Å². The Hall–Kier alpha value is -2.30. The molecular weight excluding hydrogens is 372 g/mol. The molecule has 2 heterocycles. The highest BCUT2D eigenvalue weighted by atomic mass is 16.1. The van der Waals surface area contributed by atoms with Crippen molar-refractivity contribution in [3.05, 3.63) is 71.8 Å². The van der Waals surface area contributed by atoms with Crippen LogP contribution >= 0.6 is 0 Å². The van der Waals surface area contributed by atoms with Gasteiger partial charge in [-0.15, -0.1) is 0 Å². The third-order valence-electron chi connectivity index (χ3n) is 6.52. The lowest BCUT2D eigenvalue weighted by Gasteiger charge is -2.43. The number of hydrogen-bond donors (Lipinski definition) is 0. The van der Waals surface area contributed by atoms with Gasteiger partial charge in [0.15, 0.2) is 11.6 Å². The zero-order valence-corrected chi connectivity index (χ0v) is 17.7. The minimum absolute atomic E-state index is 0.0809. The summed E-state index contributed by atoms with van der Waals surface area (Å²) in [7, 11) is 0. The summed E-state index contributed by atoms with van der Waals surface area (Å²) >= 11 is 0. The molecule has 0 unspecified atom stereocenters. The van der Waals surface area contributed by atoms with Gasteiger partial charge in [0.2, 0.25) is 0 Å². The standard InChI is InChI=1S/C26H32N2O2/c29-25(21-13-5-1-6-14-21)23(27-17-9-3-10-18-27)24(28-19-11-4-12-20-28)26(30)22-15-7-2-8-16-22/h1-2,5-8,13-16,23-24H,3-4,9-12,17-20H2/t23-,24+. The van der Waals surface area contributed by atoms with Crippen LogP contribution in [-0.4, -0.2) is 59.6 Å². The third kappa shape index (κ3) is 4.71. The van der Waals surface area contributed by atoms with Gasteiger partial charge in [-0.25, -0.2) is 0 Å². The number of carbonyl (C=O) groups is 2. The fraction of sp³-hybridized carbons (Fsp3) is 0.462. The Kier molecular flexibility index (Phi) is 7.08. The second-order valence-electron chi connectivity index (χ2n) is 8.54. The van der Waals surface area contributed by atoms with Crippen molar-refractivity contribution in [1.29, 1.82) is 0 Å². The van der Waals surface area contributed by atoms with Crippen molar-refractivity contribution in [2.45, 2.75) is 50.6 Å². The molecule has 0 spiro atoms. The summed E-state index contributed by atoms with van der Waals surface area (Å²) in [5.41, 5.74) is 1.41. The van der Waals surface area contributed by atoms with Crippen LogP contribution in [0.5, 0.6) is 0 Å². The first-order chi connectivity index (χ1) is 14.8. The first-order valence-electron chi connectivity index (χ1n) is 11.4. The molecular formula is C26H32N2O2. The molecule has 2 aliphatic rings. The maximum absolute atomic E-state index is 13.8. The molecule has 0 bridgehead atoms. The Bertz CT molecular complexity index is 753. The van der Waals surface area contributed by atoms with Gasteiger partial charge < -0.3 is 0 Å². The number of nitrogens with zero attached hydrogens (tertiary/aromatic N) is 2. The van der Waals surface area contributed by atoms with Crippen molar-refractivity contribution in [2.24, 2.45) is 0 Å². The van der Waals surface area contributed by atoms with Crippen LogP contribution in [0.15, 0.2) is 60.7 Å². The summed E-state index contributed by atoms with van der Waals surface area (Å²) in [5.74, 6) is 0.162. The van der Waals surface area contributed by atoms with E-state index >= 15 is 0 Å². The smallest absolute Gasteiger partial charge is 0.182 e. The van der Waals surface area contributed by atoms with Crippen molar-refractivity contribution in [3.8, 4) is 0 Å². The summed E-state index contributed by atoms with van der Waals surface area (Å²) in [6.07, 6.45) is 6.75. The Morgan fingerprint density at radius 1 is 0.533 bits per heavy atom. The second-order valence-corrected chi connectivity index (χ2v) is 8.54. The van der Waals surface area contributed by atoms with E-state index in [0.717, 1.165) is 51.9 Å². The molecule has 0 aliphatic carbocycles. The number of hydrogen-bond acceptors (Lipinski definition) is 4. The quantitative estimate of drug-likeness (QED) is 0.639. The van der Waals surface area contributed by atoms with Gasteiger partial charge in [-0.2, -0.15) is 0 Å². The molecule has 4 rings (SSSR count). The highest BCUT2D eigenvalue weighted by molar-refractivity contribution is 6.08. The molecule has 30 heavy (non-hydrogen) atoms. The van der Waals surface area contributed by atoms with Gasteiger partial charge >= 0.3 is 0 Å². The number of piperidine rings is 2. The predicted molar refractivity (Wildman–Crippen MR) is 120 cm³/mol. The maximum Gasteiger partial charge on any atom is 0.182 e. The van der Waals surface area contributed by atoms with E-state index in [1.54, 1.807) is 0 Å². The molecule has 0 N–H and O–H groups in total. The molecule has 0 amide bonds. The zero-order valence-electron chi connectivity index (χ0n) is 17.7. The van der Waals surface area contributed by atoms with Crippen LogP contribution < -0.4 is 0 Å². The van der Waals surface area contributed by atoms with Crippen molar-refractivity contribution in [1.82, 2.24) is 9.80 Å². The van der Waals surface area contributed by atoms with Crippen molar-refractivity contribution >= 4 is 11.6 Å². The van der Waals surface area contributed by atoms with Crippen LogP contribution in [0.1, 0.15) is 59.2 Å². The normalized spacial score (nSPS) is 20.4. The molecule has 2 aromatic carbocycles. The van der Waals surface area contributed by atoms with Crippen molar-refractivity contribution < 1.29 is 9.59 Å². The summed E-state index contributed by atoms with van der Waals surface area (Å²) in [6.45, 7) is 3.54. The average molecular weight is 405 g/mol. The molecule has 2 saturated heterocycles. The molecule has 2 aliphatic heterocycles. The number of rotatable bonds is 7.